The minimum absolute atomic E-state index is 0.109. The van der Waals surface area contributed by atoms with E-state index in [-0.39, 0.29) is 17.9 Å². The van der Waals surface area contributed by atoms with Crippen LogP contribution in [0.15, 0.2) is 66.7 Å². The van der Waals surface area contributed by atoms with Gasteiger partial charge in [-0.2, -0.15) is 0 Å². The highest BCUT2D eigenvalue weighted by atomic mass is 16.6. The van der Waals surface area contributed by atoms with E-state index < -0.39 is 6.04 Å². The maximum absolute atomic E-state index is 14.2. The van der Waals surface area contributed by atoms with Crippen LogP contribution < -0.4 is 24.4 Å². The second kappa shape index (κ2) is 10.9. The molecule has 7 heteroatoms. The third-order valence-corrected chi connectivity index (χ3v) is 6.96. The van der Waals surface area contributed by atoms with Crippen LogP contribution in [0.1, 0.15) is 53.2 Å². The van der Waals surface area contributed by atoms with Crippen LogP contribution in [0.25, 0.3) is 0 Å². The zero-order valence-electron chi connectivity index (χ0n) is 21.2. The topological polar surface area (TPSA) is 77.1 Å². The Kier molecular flexibility index (Phi) is 7.30. The number of aryl methyl sites for hydroxylation is 1. The minimum Gasteiger partial charge on any atom is -0.497 e. The zero-order valence-corrected chi connectivity index (χ0v) is 21.2. The van der Waals surface area contributed by atoms with Gasteiger partial charge in [-0.1, -0.05) is 42.7 Å². The van der Waals surface area contributed by atoms with Crippen LogP contribution in [-0.4, -0.2) is 38.2 Å². The highest BCUT2D eigenvalue weighted by Crippen LogP contribution is 2.35. The molecule has 1 atom stereocenters. The molecule has 192 valence electrons. The van der Waals surface area contributed by atoms with Crippen molar-refractivity contribution < 1.29 is 23.8 Å². The van der Waals surface area contributed by atoms with E-state index in [9.17, 15) is 9.59 Å². The highest BCUT2D eigenvalue weighted by molar-refractivity contribution is 6.10. The molecule has 1 N–H and O–H groups in total. The van der Waals surface area contributed by atoms with Crippen LogP contribution in [0, 0.1) is 6.92 Å². The smallest absolute Gasteiger partial charge is 0.259 e. The van der Waals surface area contributed by atoms with Crippen molar-refractivity contribution in [1.29, 1.82) is 0 Å². The first-order valence-electron chi connectivity index (χ1n) is 12.8. The molecule has 5 rings (SSSR count). The lowest BCUT2D eigenvalue weighted by atomic mass is 10.0. The predicted molar refractivity (Wildman–Crippen MR) is 142 cm³/mol. The lowest BCUT2D eigenvalue weighted by molar-refractivity contribution is -0.123. The van der Waals surface area contributed by atoms with E-state index in [4.69, 9.17) is 14.2 Å². The molecule has 0 bridgehead atoms. The molecule has 1 heterocycles. The summed E-state index contributed by atoms with van der Waals surface area (Å²) in [4.78, 5) is 29.7. The summed E-state index contributed by atoms with van der Waals surface area (Å²) in [5.74, 6) is 1.30. The van der Waals surface area contributed by atoms with Crippen molar-refractivity contribution in [2.45, 2.75) is 44.7 Å². The van der Waals surface area contributed by atoms with Crippen molar-refractivity contribution in [2.24, 2.45) is 0 Å². The molecule has 3 aromatic carbocycles. The van der Waals surface area contributed by atoms with Crippen LogP contribution in [0.3, 0.4) is 0 Å². The standard InChI is InChI=1S/C30H32N2O5/c1-20-7-12-24(13-8-20)32(30(34)22-11-16-26-27(19-22)37-18-17-36-26)28(21-9-14-25(35-2)15-10-21)29(33)31-23-5-3-4-6-23/h7-16,19,23,28H,3-6,17-18H2,1-2H3,(H,31,33)/t28-/m1/s1. The number of amides is 2. The van der Waals surface area contributed by atoms with Gasteiger partial charge in [-0.15, -0.1) is 0 Å². The Bertz CT molecular complexity index is 1250. The van der Waals surface area contributed by atoms with E-state index >= 15 is 0 Å². The van der Waals surface area contributed by atoms with Gasteiger partial charge in [-0.3, -0.25) is 14.5 Å². The summed E-state index contributed by atoms with van der Waals surface area (Å²) >= 11 is 0. The minimum atomic E-state index is -0.880. The lowest BCUT2D eigenvalue weighted by Crippen LogP contribution is -2.46. The molecular weight excluding hydrogens is 468 g/mol. The number of anilines is 1. The van der Waals surface area contributed by atoms with Crippen LogP contribution in [-0.2, 0) is 4.79 Å². The van der Waals surface area contributed by atoms with E-state index in [0.717, 1.165) is 31.2 Å². The molecule has 1 fully saturated rings. The molecule has 1 saturated carbocycles. The number of methoxy groups -OCH3 is 1. The van der Waals surface area contributed by atoms with Gasteiger partial charge in [-0.25, -0.2) is 0 Å². The SMILES string of the molecule is COc1ccc([C@H](C(=O)NC2CCCC2)N(C(=O)c2ccc3c(c2)OCCO3)c2ccc(C)cc2)cc1. The molecule has 37 heavy (non-hydrogen) atoms. The maximum atomic E-state index is 14.2. The first-order valence-corrected chi connectivity index (χ1v) is 12.8. The third kappa shape index (κ3) is 5.40. The number of rotatable bonds is 7. The maximum Gasteiger partial charge on any atom is 0.259 e. The van der Waals surface area contributed by atoms with Gasteiger partial charge in [-0.05, 0) is 67.8 Å². The Hall–Kier alpha value is -4.00. The number of nitrogens with zero attached hydrogens (tertiary/aromatic N) is 1. The number of hydrogen-bond donors (Lipinski definition) is 1. The molecular formula is C30H32N2O5. The second-order valence-corrected chi connectivity index (χ2v) is 9.53. The van der Waals surface area contributed by atoms with Crippen molar-refractivity contribution in [3.05, 3.63) is 83.4 Å². The fraction of sp³-hybridized carbons (Fsp3) is 0.333. The fourth-order valence-corrected chi connectivity index (χ4v) is 4.96. The van der Waals surface area contributed by atoms with Crippen LogP contribution in [0.4, 0.5) is 5.69 Å². The summed E-state index contributed by atoms with van der Waals surface area (Å²) in [6.07, 6.45) is 4.08. The summed E-state index contributed by atoms with van der Waals surface area (Å²) in [6.45, 7) is 2.88. The van der Waals surface area contributed by atoms with E-state index in [2.05, 4.69) is 5.32 Å². The number of nitrogens with one attached hydrogen (secondary N) is 1. The van der Waals surface area contributed by atoms with Crippen molar-refractivity contribution in [3.8, 4) is 17.2 Å². The first-order chi connectivity index (χ1) is 18.0. The summed E-state index contributed by atoms with van der Waals surface area (Å²) in [7, 11) is 1.60. The van der Waals surface area contributed by atoms with E-state index in [1.165, 1.54) is 0 Å². The van der Waals surface area contributed by atoms with Gasteiger partial charge in [0.05, 0.1) is 7.11 Å². The number of fused-ring (bicyclic) bond motifs is 1. The second-order valence-electron chi connectivity index (χ2n) is 9.53. The van der Waals surface area contributed by atoms with Gasteiger partial charge in [0.25, 0.3) is 5.91 Å². The Balaban J connectivity index is 1.59. The molecule has 0 unspecified atom stereocenters. The Morgan fingerprint density at radius 2 is 1.59 bits per heavy atom. The Morgan fingerprint density at radius 1 is 0.919 bits per heavy atom. The number of hydrogen-bond acceptors (Lipinski definition) is 5. The molecule has 2 amide bonds. The van der Waals surface area contributed by atoms with Gasteiger partial charge >= 0.3 is 0 Å². The van der Waals surface area contributed by atoms with E-state index in [1.807, 2.05) is 55.5 Å². The fourth-order valence-electron chi connectivity index (χ4n) is 4.96. The molecule has 0 aromatic heterocycles. The molecule has 0 spiro atoms. The van der Waals surface area contributed by atoms with Gasteiger partial charge in [0.2, 0.25) is 5.91 Å². The third-order valence-electron chi connectivity index (χ3n) is 6.96. The van der Waals surface area contributed by atoms with Crippen LogP contribution in [0.2, 0.25) is 0 Å². The van der Waals surface area contributed by atoms with E-state index in [1.54, 1.807) is 30.2 Å². The quantitative estimate of drug-likeness (QED) is 0.481. The highest BCUT2D eigenvalue weighted by Gasteiger charge is 2.35. The average Bonchev–Trinajstić information content (AvgIpc) is 3.45. The summed E-state index contributed by atoms with van der Waals surface area (Å²) in [5.41, 5.74) is 2.81. The summed E-state index contributed by atoms with van der Waals surface area (Å²) < 4.78 is 16.7. The van der Waals surface area contributed by atoms with Crippen molar-refractivity contribution >= 4 is 17.5 Å². The molecule has 1 aliphatic heterocycles. The van der Waals surface area contributed by atoms with Gasteiger partial charge < -0.3 is 19.5 Å². The van der Waals surface area contributed by atoms with Gasteiger partial charge in [0, 0.05) is 17.3 Å². The molecule has 3 aromatic rings. The van der Waals surface area contributed by atoms with Gasteiger partial charge in [0.15, 0.2) is 11.5 Å². The molecule has 2 aliphatic rings. The Morgan fingerprint density at radius 3 is 2.27 bits per heavy atom. The monoisotopic (exact) mass is 500 g/mol. The van der Waals surface area contributed by atoms with Gasteiger partial charge in [0.1, 0.15) is 25.0 Å². The zero-order chi connectivity index (χ0) is 25.8. The van der Waals surface area contributed by atoms with Crippen LogP contribution in [0.5, 0.6) is 17.2 Å². The van der Waals surface area contributed by atoms with Crippen molar-refractivity contribution in [3.63, 3.8) is 0 Å². The Labute approximate surface area is 217 Å². The number of carbonyl (C=O) groups excluding carboxylic acids is 2. The molecule has 0 radical (unpaired) electrons. The summed E-state index contributed by atoms with van der Waals surface area (Å²) in [6, 6.07) is 19.3. The number of benzene rings is 3. The molecule has 7 nitrogen and oxygen atoms in total. The number of carbonyl (C=O) groups is 2. The van der Waals surface area contributed by atoms with Crippen LogP contribution >= 0.6 is 0 Å². The summed E-state index contributed by atoms with van der Waals surface area (Å²) in [5, 5.41) is 3.22. The van der Waals surface area contributed by atoms with E-state index in [0.29, 0.717) is 47.3 Å². The molecule has 0 saturated heterocycles. The average molecular weight is 501 g/mol. The molecule has 1 aliphatic carbocycles. The predicted octanol–water partition coefficient (Wildman–Crippen LogP) is 5.22. The van der Waals surface area contributed by atoms with Crippen molar-refractivity contribution in [2.75, 3.05) is 25.2 Å². The lowest BCUT2D eigenvalue weighted by Gasteiger charge is -2.33. The normalized spacial score (nSPS) is 15.6. The largest absolute Gasteiger partial charge is 0.497 e. The first kappa shape index (κ1) is 24.7. The number of ether oxygens (including phenoxy) is 3. The van der Waals surface area contributed by atoms with Crippen molar-refractivity contribution in [1.82, 2.24) is 5.32 Å².